The van der Waals surface area contributed by atoms with Crippen molar-refractivity contribution in [1.82, 2.24) is 5.32 Å². The van der Waals surface area contributed by atoms with Crippen molar-refractivity contribution in [3.05, 3.63) is 0 Å². The molecule has 1 fully saturated rings. The molecule has 1 aliphatic heterocycles. The van der Waals surface area contributed by atoms with Crippen molar-refractivity contribution >= 4 is 8.80 Å². The van der Waals surface area contributed by atoms with Gasteiger partial charge >= 0.3 is 0 Å². The van der Waals surface area contributed by atoms with Gasteiger partial charge in [0.1, 0.15) is 0 Å². The third-order valence-corrected chi connectivity index (χ3v) is 8.40. The van der Waals surface area contributed by atoms with Gasteiger partial charge in [-0.1, -0.05) is 33.4 Å². The van der Waals surface area contributed by atoms with Gasteiger partial charge in [-0.15, -0.1) is 0 Å². The minimum absolute atomic E-state index is 0.387. The highest BCUT2D eigenvalue weighted by atomic mass is 28.3. The van der Waals surface area contributed by atoms with Gasteiger partial charge in [0.25, 0.3) is 0 Å². The van der Waals surface area contributed by atoms with E-state index in [9.17, 15) is 5.11 Å². The van der Waals surface area contributed by atoms with Crippen LogP contribution in [0, 0.1) is 11.8 Å². The van der Waals surface area contributed by atoms with E-state index in [0.717, 1.165) is 25.4 Å². The molecule has 0 aliphatic carbocycles. The van der Waals surface area contributed by atoms with Gasteiger partial charge in [-0.25, -0.2) is 0 Å². The van der Waals surface area contributed by atoms with Crippen LogP contribution < -0.4 is 5.32 Å². The Balaban J connectivity index is 2.48. The maximum absolute atomic E-state index is 9.36. The lowest BCUT2D eigenvalue weighted by Gasteiger charge is -2.36. The molecule has 0 radical (unpaired) electrons. The summed E-state index contributed by atoms with van der Waals surface area (Å²) < 4.78 is 0. The second-order valence-corrected chi connectivity index (χ2v) is 10.2. The zero-order chi connectivity index (χ0) is 11.5. The summed E-state index contributed by atoms with van der Waals surface area (Å²) in [7, 11) is -0.667. The molecule has 0 spiro atoms. The average molecular weight is 229 g/mol. The van der Waals surface area contributed by atoms with E-state index >= 15 is 0 Å². The number of rotatable bonds is 3. The van der Waals surface area contributed by atoms with Crippen LogP contribution in [-0.2, 0) is 0 Å². The first kappa shape index (κ1) is 13.2. The lowest BCUT2D eigenvalue weighted by Crippen LogP contribution is -2.40. The Hall–Kier alpha value is 0.137. The van der Waals surface area contributed by atoms with Crippen molar-refractivity contribution in [1.29, 1.82) is 0 Å². The van der Waals surface area contributed by atoms with E-state index in [1.165, 1.54) is 6.04 Å². The standard InChI is InChI=1S/C12H27NOSi/c1-12(2,3)15(4)9-11-7-13-6-5-10(11)8-14/h10-11,13-15H,5-9H2,1-4H3. The molecule has 1 rings (SSSR count). The molecular weight excluding hydrogens is 202 g/mol. The fourth-order valence-electron chi connectivity index (χ4n) is 2.30. The molecule has 0 bridgehead atoms. The summed E-state index contributed by atoms with van der Waals surface area (Å²) in [6, 6.07) is 1.38. The van der Waals surface area contributed by atoms with Crippen molar-refractivity contribution < 1.29 is 5.11 Å². The highest BCUT2D eigenvalue weighted by Gasteiger charge is 2.30. The van der Waals surface area contributed by atoms with Gasteiger partial charge in [-0.05, 0) is 36.4 Å². The Kier molecular flexibility index (Phi) is 4.81. The van der Waals surface area contributed by atoms with E-state index in [-0.39, 0.29) is 0 Å². The average Bonchev–Trinajstić information content (AvgIpc) is 2.17. The summed E-state index contributed by atoms with van der Waals surface area (Å²) >= 11 is 0. The molecule has 1 saturated heterocycles. The molecule has 0 aromatic heterocycles. The van der Waals surface area contributed by atoms with Crippen LogP contribution in [0.4, 0.5) is 0 Å². The number of nitrogens with one attached hydrogen (secondary N) is 1. The molecule has 0 saturated carbocycles. The van der Waals surface area contributed by atoms with Crippen LogP contribution in [0.5, 0.6) is 0 Å². The lowest BCUT2D eigenvalue weighted by atomic mass is 9.88. The second kappa shape index (κ2) is 5.46. The fraction of sp³-hybridized carbons (Fsp3) is 1.00. The van der Waals surface area contributed by atoms with E-state index < -0.39 is 8.80 Å². The van der Waals surface area contributed by atoms with Crippen LogP contribution in [0.2, 0.25) is 17.6 Å². The Morgan fingerprint density at radius 1 is 1.33 bits per heavy atom. The zero-order valence-electron chi connectivity index (χ0n) is 10.7. The van der Waals surface area contributed by atoms with Crippen molar-refractivity contribution in [2.75, 3.05) is 19.7 Å². The lowest BCUT2D eigenvalue weighted by molar-refractivity contribution is 0.152. The molecular formula is C12H27NOSi. The summed E-state index contributed by atoms with van der Waals surface area (Å²) in [5.41, 5.74) is 0. The maximum Gasteiger partial charge on any atom is 0.0462 e. The normalized spacial score (nSPS) is 30.2. The molecule has 0 amide bonds. The molecule has 0 aromatic carbocycles. The first-order valence-corrected chi connectivity index (χ1v) is 8.81. The van der Waals surface area contributed by atoms with Crippen molar-refractivity contribution in [2.24, 2.45) is 11.8 Å². The van der Waals surface area contributed by atoms with Gasteiger partial charge in [0, 0.05) is 15.4 Å². The largest absolute Gasteiger partial charge is 0.396 e. The molecule has 1 heterocycles. The van der Waals surface area contributed by atoms with Gasteiger partial charge in [0.2, 0.25) is 0 Å². The van der Waals surface area contributed by atoms with Crippen molar-refractivity contribution in [3.8, 4) is 0 Å². The van der Waals surface area contributed by atoms with Crippen LogP contribution in [0.3, 0.4) is 0 Å². The minimum Gasteiger partial charge on any atom is -0.396 e. The highest BCUT2D eigenvalue weighted by Crippen LogP contribution is 2.34. The smallest absolute Gasteiger partial charge is 0.0462 e. The van der Waals surface area contributed by atoms with Gasteiger partial charge < -0.3 is 10.4 Å². The molecule has 90 valence electrons. The van der Waals surface area contributed by atoms with Crippen molar-refractivity contribution in [3.63, 3.8) is 0 Å². The first-order valence-electron chi connectivity index (χ1n) is 6.26. The first-order chi connectivity index (χ1) is 6.95. The molecule has 2 N–H and O–H groups in total. The second-order valence-electron chi connectivity index (χ2n) is 6.20. The third-order valence-electron chi connectivity index (χ3n) is 4.13. The topological polar surface area (TPSA) is 32.3 Å². The number of piperidine rings is 1. The van der Waals surface area contributed by atoms with Crippen LogP contribution >= 0.6 is 0 Å². The maximum atomic E-state index is 9.36. The van der Waals surface area contributed by atoms with Crippen molar-refractivity contribution in [2.45, 2.75) is 44.8 Å². The third kappa shape index (κ3) is 3.89. The fourth-order valence-corrected chi connectivity index (χ4v) is 4.47. The van der Waals surface area contributed by atoms with Crippen LogP contribution in [0.15, 0.2) is 0 Å². The summed E-state index contributed by atoms with van der Waals surface area (Å²) in [5.74, 6) is 1.29. The van der Waals surface area contributed by atoms with Gasteiger partial charge in [0.15, 0.2) is 0 Å². The monoisotopic (exact) mass is 229 g/mol. The summed E-state index contributed by atoms with van der Waals surface area (Å²) in [6.07, 6.45) is 1.16. The zero-order valence-corrected chi connectivity index (χ0v) is 11.9. The number of aliphatic hydroxyl groups excluding tert-OH is 1. The SMILES string of the molecule is C[SiH](CC1CNCCC1CO)C(C)(C)C. The van der Waals surface area contributed by atoms with Crippen LogP contribution in [0.25, 0.3) is 0 Å². The van der Waals surface area contributed by atoms with E-state index in [1.54, 1.807) is 0 Å². The van der Waals surface area contributed by atoms with E-state index in [2.05, 4.69) is 32.6 Å². The summed E-state index contributed by atoms with van der Waals surface area (Å²) in [6.45, 7) is 12.2. The highest BCUT2D eigenvalue weighted by molar-refractivity contribution is 6.60. The van der Waals surface area contributed by atoms with Gasteiger partial charge in [0.05, 0.1) is 0 Å². The van der Waals surface area contributed by atoms with Crippen LogP contribution in [0.1, 0.15) is 27.2 Å². The number of aliphatic hydroxyl groups is 1. The van der Waals surface area contributed by atoms with Crippen LogP contribution in [-0.4, -0.2) is 33.6 Å². The predicted molar refractivity (Wildman–Crippen MR) is 69.1 cm³/mol. The van der Waals surface area contributed by atoms with Gasteiger partial charge in [-0.3, -0.25) is 0 Å². The molecule has 2 nitrogen and oxygen atoms in total. The predicted octanol–water partition coefficient (Wildman–Crippen LogP) is 1.86. The van der Waals surface area contributed by atoms with E-state index in [0.29, 0.717) is 17.6 Å². The Morgan fingerprint density at radius 3 is 2.53 bits per heavy atom. The Morgan fingerprint density at radius 2 is 2.00 bits per heavy atom. The molecule has 3 unspecified atom stereocenters. The Labute approximate surface area is 96.1 Å². The molecule has 15 heavy (non-hydrogen) atoms. The molecule has 3 atom stereocenters. The molecule has 1 aliphatic rings. The molecule has 0 aromatic rings. The van der Waals surface area contributed by atoms with E-state index in [1.807, 2.05) is 0 Å². The Bertz CT molecular complexity index is 191. The number of hydrogen-bond donors (Lipinski definition) is 2. The molecule has 3 heteroatoms. The summed E-state index contributed by atoms with van der Waals surface area (Å²) in [5, 5.41) is 13.4. The van der Waals surface area contributed by atoms with E-state index in [4.69, 9.17) is 0 Å². The summed E-state index contributed by atoms with van der Waals surface area (Å²) in [4.78, 5) is 0. The number of hydrogen-bond acceptors (Lipinski definition) is 2. The quantitative estimate of drug-likeness (QED) is 0.724. The van der Waals surface area contributed by atoms with Gasteiger partial charge in [-0.2, -0.15) is 0 Å². The minimum atomic E-state index is -0.667.